The number of benzene rings is 1. The van der Waals surface area contributed by atoms with Crippen LogP contribution in [-0.4, -0.2) is 18.6 Å². The molecule has 3 nitrogen and oxygen atoms in total. The number of hydrogen-bond donors (Lipinski definition) is 1. The number of nitrogens with one attached hydrogen (secondary N) is 1. The molecule has 3 rings (SSSR count). The molecule has 0 spiro atoms. The van der Waals surface area contributed by atoms with Crippen molar-refractivity contribution < 1.29 is 4.74 Å². The lowest BCUT2D eigenvalue weighted by Crippen LogP contribution is -2.21. The predicted molar refractivity (Wildman–Crippen MR) is 77.9 cm³/mol. The highest BCUT2D eigenvalue weighted by molar-refractivity contribution is 7.09. The Morgan fingerprint density at radius 1 is 1.47 bits per heavy atom. The monoisotopic (exact) mass is 274 g/mol. The molecule has 0 saturated carbocycles. The van der Waals surface area contributed by atoms with Crippen molar-refractivity contribution in [1.82, 2.24) is 10.3 Å². The molecule has 2 aromatic rings. The standard InChI is InChI=1S/C15H18N2OS/c1-18-12-4-2-11-3-5-14(13(11)10-12)16-7-6-15-17-8-9-19-15/h2,4,8-10,14,16H,3,5-7H2,1H3. The van der Waals surface area contributed by atoms with E-state index in [-0.39, 0.29) is 0 Å². The van der Waals surface area contributed by atoms with Crippen molar-refractivity contribution in [3.05, 3.63) is 45.9 Å². The van der Waals surface area contributed by atoms with Crippen LogP contribution in [0.5, 0.6) is 5.75 Å². The fourth-order valence-corrected chi connectivity index (χ4v) is 3.27. The molecular weight excluding hydrogens is 256 g/mol. The average molecular weight is 274 g/mol. The summed E-state index contributed by atoms with van der Waals surface area (Å²) in [5.74, 6) is 0.951. The van der Waals surface area contributed by atoms with Crippen LogP contribution < -0.4 is 10.1 Å². The molecule has 0 saturated heterocycles. The van der Waals surface area contributed by atoms with Crippen LogP contribution in [-0.2, 0) is 12.8 Å². The quantitative estimate of drug-likeness (QED) is 0.910. The molecule has 1 aromatic carbocycles. The van der Waals surface area contributed by atoms with Gasteiger partial charge >= 0.3 is 0 Å². The van der Waals surface area contributed by atoms with Crippen LogP contribution in [0.2, 0.25) is 0 Å². The number of thiazole rings is 1. The molecule has 1 aliphatic carbocycles. The van der Waals surface area contributed by atoms with Crippen molar-refractivity contribution >= 4 is 11.3 Å². The van der Waals surface area contributed by atoms with E-state index in [1.807, 2.05) is 11.6 Å². The van der Waals surface area contributed by atoms with Crippen molar-refractivity contribution in [3.63, 3.8) is 0 Å². The highest BCUT2D eigenvalue weighted by atomic mass is 32.1. The molecule has 1 N–H and O–H groups in total. The number of fused-ring (bicyclic) bond motifs is 1. The van der Waals surface area contributed by atoms with Crippen LogP contribution in [0.1, 0.15) is 28.6 Å². The van der Waals surface area contributed by atoms with Gasteiger partial charge in [-0.3, -0.25) is 0 Å². The van der Waals surface area contributed by atoms with Crippen LogP contribution in [0.4, 0.5) is 0 Å². The third-order valence-corrected chi connectivity index (χ3v) is 4.48. The van der Waals surface area contributed by atoms with E-state index in [9.17, 15) is 0 Å². The Hall–Kier alpha value is -1.39. The van der Waals surface area contributed by atoms with Crippen LogP contribution in [0.25, 0.3) is 0 Å². The van der Waals surface area contributed by atoms with Gasteiger partial charge in [0.2, 0.25) is 0 Å². The van der Waals surface area contributed by atoms with Gasteiger partial charge in [-0.1, -0.05) is 6.07 Å². The molecule has 1 aliphatic rings. The Morgan fingerprint density at radius 2 is 2.42 bits per heavy atom. The van der Waals surface area contributed by atoms with Crippen molar-refractivity contribution in [2.75, 3.05) is 13.7 Å². The average Bonchev–Trinajstić information content (AvgIpc) is 3.08. The number of aryl methyl sites for hydroxylation is 1. The van der Waals surface area contributed by atoms with E-state index in [2.05, 4.69) is 28.5 Å². The van der Waals surface area contributed by atoms with Crippen molar-refractivity contribution in [2.24, 2.45) is 0 Å². The Balaban J connectivity index is 1.62. The van der Waals surface area contributed by atoms with Gasteiger partial charge in [0, 0.05) is 30.6 Å². The number of nitrogens with zero attached hydrogens (tertiary/aromatic N) is 1. The largest absolute Gasteiger partial charge is 0.497 e. The second kappa shape index (κ2) is 5.72. The summed E-state index contributed by atoms with van der Waals surface area (Å²) < 4.78 is 5.32. The van der Waals surface area contributed by atoms with Crippen LogP contribution in [0.15, 0.2) is 29.8 Å². The summed E-state index contributed by atoms with van der Waals surface area (Å²) in [4.78, 5) is 4.31. The van der Waals surface area contributed by atoms with Gasteiger partial charge in [0.05, 0.1) is 12.1 Å². The first kappa shape index (κ1) is 12.6. The molecular formula is C15H18N2OS. The molecule has 4 heteroatoms. The summed E-state index contributed by atoms with van der Waals surface area (Å²) in [6.07, 6.45) is 5.22. The van der Waals surface area contributed by atoms with Crippen molar-refractivity contribution in [1.29, 1.82) is 0 Å². The van der Waals surface area contributed by atoms with E-state index in [1.54, 1.807) is 18.4 Å². The lowest BCUT2D eigenvalue weighted by atomic mass is 10.1. The number of aromatic nitrogens is 1. The zero-order valence-electron chi connectivity index (χ0n) is 11.1. The summed E-state index contributed by atoms with van der Waals surface area (Å²) in [5, 5.41) is 6.88. The lowest BCUT2D eigenvalue weighted by molar-refractivity contribution is 0.413. The van der Waals surface area contributed by atoms with E-state index in [0.717, 1.165) is 25.1 Å². The Kier molecular flexibility index (Phi) is 3.80. The number of rotatable bonds is 5. The fourth-order valence-electron chi connectivity index (χ4n) is 2.65. The van der Waals surface area contributed by atoms with Crippen LogP contribution in [0.3, 0.4) is 0 Å². The maximum Gasteiger partial charge on any atom is 0.119 e. The minimum atomic E-state index is 0.463. The van der Waals surface area contributed by atoms with E-state index in [4.69, 9.17) is 4.74 Å². The molecule has 0 fully saturated rings. The minimum Gasteiger partial charge on any atom is -0.497 e. The summed E-state index contributed by atoms with van der Waals surface area (Å²) in [7, 11) is 1.72. The first-order valence-corrected chi connectivity index (χ1v) is 7.53. The third kappa shape index (κ3) is 2.80. The normalized spacial score (nSPS) is 17.4. The van der Waals surface area contributed by atoms with Gasteiger partial charge in [0.15, 0.2) is 0 Å². The molecule has 100 valence electrons. The van der Waals surface area contributed by atoms with Gasteiger partial charge in [0.1, 0.15) is 5.75 Å². The highest BCUT2D eigenvalue weighted by Crippen LogP contribution is 2.33. The lowest BCUT2D eigenvalue weighted by Gasteiger charge is -2.14. The third-order valence-electron chi connectivity index (χ3n) is 3.64. The number of methoxy groups -OCH3 is 1. The van der Waals surface area contributed by atoms with Gasteiger partial charge in [-0.2, -0.15) is 0 Å². The van der Waals surface area contributed by atoms with E-state index < -0.39 is 0 Å². The highest BCUT2D eigenvalue weighted by Gasteiger charge is 2.22. The predicted octanol–water partition coefficient (Wildman–Crippen LogP) is 2.97. The zero-order chi connectivity index (χ0) is 13.1. The molecule has 19 heavy (non-hydrogen) atoms. The van der Waals surface area contributed by atoms with Crippen molar-refractivity contribution in [3.8, 4) is 5.75 Å². The maximum absolute atomic E-state index is 5.32. The van der Waals surface area contributed by atoms with E-state index >= 15 is 0 Å². The second-order valence-electron chi connectivity index (χ2n) is 4.79. The van der Waals surface area contributed by atoms with E-state index in [1.165, 1.54) is 22.6 Å². The number of ether oxygens (including phenoxy) is 1. The Labute approximate surface area is 117 Å². The van der Waals surface area contributed by atoms with Gasteiger partial charge in [-0.25, -0.2) is 4.98 Å². The molecule has 0 aliphatic heterocycles. The number of hydrogen-bond acceptors (Lipinski definition) is 4. The summed E-state index contributed by atoms with van der Waals surface area (Å²) in [5.41, 5.74) is 2.85. The Morgan fingerprint density at radius 3 is 3.21 bits per heavy atom. The molecule has 0 amide bonds. The molecule has 1 atom stereocenters. The summed E-state index contributed by atoms with van der Waals surface area (Å²) in [6, 6.07) is 6.88. The van der Waals surface area contributed by atoms with Crippen LogP contribution in [0, 0.1) is 0 Å². The topological polar surface area (TPSA) is 34.1 Å². The molecule has 1 unspecified atom stereocenters. The fraction of sp³-hybridized carbons (Fsp3) is 0.400. The maximum atomic E-state index is 5.32. The first-order chi connectivity index (χ1) is 9.36. The minimum absolute atomic E-state index is 0.463. The summed E-state index contributed by atoms with van der Waals surface area (Å²) in [6.45, 7) is 0.981. The second-order valence-corrected chi connectivity index (χ2v) is 5.77. The zero-order valence-corrected chi connectivity index (χ0v) is 11.9. The molecule has 1 aromatic heterocycles. The van der Waals surface area contributed by atoms with Gasteiger partial charge in [0.25, 0.3) is 0 Å². The Bertz CT molecular complexity index is 539. The van der Waals surface area contributed by atoms with E-state index in [0.29, 0.717) is 6.04 Å². The SMILES string of the molecule is COc1ccc2c(c1)C(NCCc1nccs1)CC2. The molecule has 0 radical (unpaired) electrons. The molecule has 0 bridgehead atoms. The van der Waals surface area contributed by atoms with Crippen LogP contribution >= 0.6 is 11.3 Å². The first-order valence-electron chi connectivity index (χ1n) is 6.65. The summed E-state index contributed by atoms with van der Waals surface area (Å²) >= 11 is 1.73. The van der Waals surface area contributed by atoms with Crippen molar-refractivity contribution in [2.45, 2.75) is 25.3 Å². The van der Waals surface area contributed by atoms with Gasteiger partial charge in [-0.05, 0) is 36.1 Å². The molecule has 1 heterocycles. The van der Waals surface area contributed by atoms with Gasteiger partial charge < -0.3 is 10.1 Å². The van der Waals surface area contributed by atoms with Gasteiger partial charge in [-0.15, -0.1) is 11.3 Å². The smallest absolute Gasteiger partial charge is 0.119 e.